The van der Waals surface area contributed by atoms with Crippen LogP contribution in [0.1, 0.15) is 51.4 Å². The molecule has 0 spiro atoms. The van der Waals surface area contributed by atoms with Gasteiger partial charge in [-0.3, -0.25) is 15.1 Å². The Morgan fingerprint density at radius 3 is 2.21 bits per heavy atom. The Bertz CT molecular complexity index is 1380. The van der Waals surface area contributed by atoms with Gasteiger partial charge in [0.25, 0.3) is 0 Å². The number of ether oxygens (including phenoxy) is 1. The van der Waals surface area contributed by atoms with Gasteiger partial charge in [0.2, 0.25) is 5.91 Å². The van der Waals surface area contributed by atoms with Gasteiger partial charge in [0, 0.05) is 11.9 Å². The standard InChI is InChI=1S/C29H30F3N3O4/c1-6-22-15-19(12-13-33-22)18-8-7-9-20(14-18)28(5,17-36)25(37)34-24-16-21(29(30,31)32)10-11-23(24)35-26(38)39-27(2,3)4/h7-17H,6H2,1-5H3,(H,34,37)(H,35,38). The third-order valence-electron chi connectivity index (χ3n) is 5.91. The molecule has 2 aromatic carbocycles. The van der Waals surface area contributed by atoms with Crippen LogP contribution in [0.15, 0.2) is 60.8 Å². The minimum absolute atomic E-state index is 0.128. The number of benzene rings is 2. The van der Waals surface area contributed by atoms with E-state index in [1.165, 1.54) is 6.92 Å². The fraction of sp³-hybridized carbons (Fsp3) is 0.310. The molecule has 7 nitrogen and oxygen atoms in total. The number of pyridine rings is 1. The molecule has 0 saturated heterocycles. The van der Waals surface area contributed by atoms with Gasteiger partial charge in [-0.05, 0) is 87.2 Å². The normalized spacial score (nSPS) is 13.2. The second-order valence-corrected chi connectivity index (χ2v) is 10.1. The molecule has 0 fully saturated rings. The number of hydrogen-bond donors (Lipinski definition) is 2. The number of carbonyl (C=O) groups excluding carboxylic acids is 3. The Balaban J connectivity index is 1.99. The summed E-state index contributed by atoms with van der Waals surface area (Å²) in [5.41, 5.74) is -1.40. The van der Waals surface area contributed by atoms with Gasteiger partial charge >= 0.3 is 12.3 Å². The number of carbonyl (C=O) groups is 3. The molecule has 1 atom stereocenters. The molecule has 0 saturated carbocycles. The van der Waals surface area contributed by atoms with Crippen molar-refractivity contribution in [3.05, 3.63) is 77.6 Å². The molecule has 206 valence electrons. The van der Waals surface area contributed by atoms with Crippen molar-refractivity contribution in [2.75, 3.05) is 10.6 Å². The number of aldehydes is 1. The predicted molar refractivity (Wildman–Crippen MR) is 142 cm³/mol. The van der Waals surface area contributed by atoms with E-state index in [4.69, 9.17) is 4.74 Å². The number of aryl methyl sites for hydroxylation is 1. The molecule has 2 amide bonds. The first-order valence-corrected chi connectivity index (χ1v) is 12.2. The van der Waals surface area contributed by atoms with Gasteiger partial charge in [0.1, 0.15) is 17.3 Å². The van der Waals surface area contributed by atoms with Crippen LogP contribution in [0.3, 0.4) is 0 Å². The molecule has 0 radical (unpaired) electrons. The average Bonchev–Trinajstić information content (AvgIpc) is 2.87. The molecule has 0 aliphatic heterocycles. The van der Waals surface area contributed by atoms with E-state index in [0.717, 1.165) is 35.4 Å². The first-order valence-electron chi connectivity index (χ1n) is 12.2. The van der Waals surface area contributed by atoms with E-state index >= 15 is 0 Å². The Morgan fingerprint density at radius 1 is 0.897 bits per heavy atom. The summed E-state index contributed by atoms with van der Waals surface area (Å²) in [5, 5.41) is 4.77. The molecule has 39 heavy (non-hydrogen) atoms. The molecular formula is C29H30F3N3O4. The summed E-state index contributed by atoms with van der Waals surface area (Å²) in [6.45, 7) is 8.21. The quantitative estimate of drug-likeness (QED) is 0.254. The molecule has 3 aromatic rings. The first-order chi connectivity index (χ1) is 18.2. The molecule has 2 N–H and O–H groups in total. The maximum atomic E-state index is 13.5. The lowest BCUT2D eigenvalue weighted by Crippen LogP contribution is -2.39. The Labute approximate surface area is 224 Å². The number of hydrogen-bond acceptors (Lipinski definition) is 5. The SMILES string of the molecule is CCc1cc(-c2cccc(C(C)(C=O)C(=O)Nc3cc(C(F)(F)F)ccc3NC(=O)OC(C)(C)C)c2)ccn1. The van der Waals surface area contributed by atoms with Crippen LogP contribution in [0.25, 0.3) is 11.1 Å². The molecule has 0 bridgehead atoms. The van der Waals surface area contributed by atoms with E-state index in [0.29, 0.717) is 17.9 Å². The van der Waals surface area contributed by atoms with Crippen LogP contribution in [0.5, 0.6) is 0 Å². The monoisotopic (exact) mass is 541 g/mol. The van der Waals surface area contributed by atoms with Gasteiger partial charge in [-0.25, -0.2) is 4.79 Å². The third kappa shape index (κ3) is 7.22. The van der Waals surface area contributed by atoms with Crippen LogP contribution < -0.4 is 10.6 Å². The molecule has 10 heteroatoms. The van der Waals surface area contributed by atoms with Crippen LogP contribution in [0, 0.1) is 0 Å². The maximum absolute atomic E-state index is 13.5. The number of anilines is 2. The molecule has 3 rings (SSSR count). The Kier molecular flexibility index (Phi) is 8.48. The van der Waals surface area contributed by atoms with Gasteiger partial charge in [-0.2, -0.15) is 13.2 Å². The molecular weight excluding hydrogens is 511 g/mol. The highest BCUT2D eigenvalue weighted by Gasteiger charge is 2.37. The summed E-state index contributed by atoms with van der Waals surface area (Å²) in [7, 11) is 0. The van der Waals surface area contributed by atoms with Crippen molar-refractivity contribution in [3.8, 4) is 11.1 Å². The molecule has 1 unspecified atom stereocenters. The highest BCUT2D eigenvalue weighted by atomic mass is 19.4. The molecule has 0 aliphatic rings. The van der Waals surface area contributed by atoms with Crippen LogP contribution in [-0.2, 0) is 32.3 Å². The highest BCUT2D eigenvalue weighted by molar-refractivity contribution is 6.11. The van der Waals surface area contributed by atoms with Gasteiger partial charge < -0.3 is 14.8 Å². The topological polar surface area (TPSA) is 97.4 Å². The van der Waals surface area contributed by atoms with Crippen molar-refractivity contribution in [2.24, 2.45) is 0 Å². The molecule has 0 aliphatic carbocycles. The summed E-state index contributed by atoms with van der Waals surface area (Å²) >= 11 is 0. The smallest absolute Gasteiger partial charge is 0.416 e. The number of rotatable bonds is 7. The number of aromatic nitrogens is 1. The molecule has 1 aromatic heterocycles. The van der Waals surface area contributed by atoms with Gasteiger partial charge in [0.05, 0.1) is 16.9 Å². The summed E-state index contributed by atoms with van der Waals surface area (Å²) in [6, 6.07) is 12.9. The van der Waals surface area contributed by atoms with Crippen molar-refractivity contribution < 1.29 is 32.3 Å². The number of nitrogens with zero attached hydrogens (tertiary/aromatic N) is 1. The third-order valence-corrected chi connectivity index (χ3v) is 5.91. The van der Waals surface area contributed by atoms with Crippen molar-refractivity contribution in [2.45, 2.75) is 58.2 Å². The second kappa shape index (κ2) is 11.3. The fourth-order valence-electron chi connectivity index (χ4n) is 3.72. The van der Waals surface area contributed by atoms with Crippen molar-refractivity contribution in [3.63, 3.8) is 0 Å². The van der Waals surface area contributed by atoms with Crippen LogP contribution in [0.2, 0.25) is 0 Å². The maximum Gasteiger partial charge on any atom is 0.416 e. The van der Waals surface area contributed by atoms with Gasteiger partial charge in [-0.15, -0.1) is 0 Å². The van der Waals surface area contributed by atoms with Crippen molar-refractivity contribution >= 4 is 29.7 Å². The largest absolute Gasteiger partial charge is 0.444 e. The van der Waals surface area contributed by atoms with Gasteiger partial charge in [-0.1, -0.05) is 25.1 Å². The van der Waals surface area contributed by atoms with E-state index in [1.54, 1.807) is 51.2 Å². The summed E-state index contributed by atoms with van der Waals surface area (Å²) in [4.78, 5) is 42.4. The Hall–Kier alpha value is -4.21. The predicted octanol–water partition coefficient (Wildman–Crippen LogP) is 6.77. The number of amides is 2. The highest BCUT2D eigenvalue weighted by Crippen LogP contribution is 2.36. The van der Waals surface area contributed by atoms with Crippen molar-refractivity contribution in [1.29, 1.82) is 0 Å². The summed E-state index contributed by atoms with van der Waals surface area (Å²) in [5.74, 6) is -0.884. The van der Waals surface area contributed by atoms with E-state index in [2.05, 4.69) is 15.6 Å². The first kappa shape index (κ1) is 29.3. The minimum Gasteiger partial charge on any atom is -0.444 e. The van der Waals surface area contributed by atoms with E-state index in [1.807, 2.05) is 19.1 Å². The zero-order valence-electron chi connectivity index (χ0n) is 22.3. The second-order valence-electron chi connectivity index (χ2n) is 10.1. The number of halogens is 3. The van der Waals surface area contributed by atoms with E-state index in [9.17, 15) is 27.6 Å². The van der Waals surface area contributed by atoms with Gasteiger partial charge in [0.15, 0.2) is 0 Å². The lowest BCUT2D eigenvalue weighted by molar-refractivity contribution is -0.137. The van der Waals surface area contributed by atoms with E-state index < -0.39 is 34.8 Å². The number of nitrogens with one attached hydrogen (secondary N) is 2. The zero-order chi connectivity index (χ0) is 29.0. The molecule has 1 heterocycles. The van der Waals surface area contributed by atoms with E-state index in [-0.39, 0.29) is 11.4 Å². The average molecular weight is 542 g/mol. The van der Waals surface area contributed by atoms with Crippen LogP contribution >= 0.6 is 0 Å². The van der Waals surface area contributed by atoms with Crippen LogP contribution in [-0.4, -0.2) is 28.9 Å². The summed E-state index contributed by atoms with van der Waals surface area (Å²) in [6.07, 6.45) is -2.82. The zero-order valence-corrected chi connectivity index (χ0v) is 22.3. The summed E-state index contributed by atoms with van der Waals surface area (Å²) < 4.78 is 45.6. The lowest BCUT2D eigenvalue weighted by atomic mass is 9.81. The minimum atomic E-state index is -4.71. The van der Waals surface area contributed by atoms with Crippen LogP contribution in [0.4, 0.5) is 29.3 Å². The van der Waals surface area contributed by atoms with Crippen molar-refractivity contribution in [1.82, 2.24) is 4.98 Å². The fourth-order valence-corrected chi connectivity index (χ4v) is 3.72. The number of alkyl halides is 3. The Morgan fingerprint density at radius 2 is 1.59 bits per heavy atom. The lowest BCUT2D eigenvalue weighted by Gasteiger charge is -2.25.